The zero-order valence-corrected chi connectivity index (χ0v) is 42.6. The van der Waals surface area contributed by atoms with Crippen LogP contribution in [0, 0.1) is 31.1 Å². The summed E-state index contributed by atoms with van der Waals surface area (Å²) in [5.41, 5.74) is 5.81. The zero-order chi connectivity index (χ0) is 51.3. The molecule has 4 aromatic heterocycles. The lowest BCUT2D eigenvalue weighted by atomic mass is 9.85. The monoisotopic (exact) mass is 997 g/mol. The number of aromatic nitrogens is 5. The summed E-state index contributed by atoms with van der Waals surface area (Å²) >= 11 is 1.57. The van der Waals surface area contributed by atoms with Crippen molar-refractivity contribution in [2.45, 2.75) is 124 Å². The molecule has 0 radical (unpaired) electrons. The Hall–Kier alpha value is -7.04. The van der Waals surface area contributed by atoms with Gasteiger partial charge in [0.2, 0.25) is 23.7 Å². The minimum atomic E-state index is -1.02. The van der Waals surface area contributed by atoms with E-state index in [1.165, 1.54) is 11.8 Å². The fourth-order valence-corrected chi connectivity index (χ4v) is 10.7. The van der Waals surface area contributed by atoms with Crippen molar-refractivity contribution < 1.29 is 29.1 Å². The molecule has 2 aliphatic heterocycles. The highest BCUT2D eigenvalue weighted by Crippen LogP contribution is 2.33. The van der Waals surface area contributed by atoms with E-state index in [4.69, 9.17) is 4.98 Å². The second-order valence-electron chi connectivity index (χ2n) is 20.0. The van der Waals surface area contributed by atoms with E-state index in [9.17, 15) is 33.9 Å². The summed E-state index contributed by atoms with van der Waals surface area (Å²) < 4.78 is 1.68. The highest BCUT2D eigenvalue weighted by atomic mass is 32.1. The van der Waals surface area contributed by atoms with Gasteiger partial charge in [0.05, 0.1) is 39.6 Å². The number of amides is 4. The number of rotatable bonds is 14. The number of carbonyl (C=O) groups is 5. The molecule has 19 heteroatoms. The van der Waals surface area contributed by atoms with Crippen LogP contribution in [-0.4, -0.2) is 120 Å². The van der Waals surface area contributed by atoms with E-state index < -0.39 is 35.4 Å². The number of aliphatic hydroxyl groups excluding tert-OH is 1. The molecule has 3 atom stereocenters. The van der Waals surface area contributed by atoms with Crippen LogP contribution in [0.1, 0.15) is 112 Å². The lowest BCUT2D eigenvalue weighted by Gasteiger charge is -2.36. The number of hydrogen-bond acceptors (Lipinski definition) is 14. The van der Waals surface area contributed by atoms with Gasteiger partial charge in [-0.25, -0.2) is 15.0 Å². The predicted octanol–water partition coefficient (Wildman–Crippen LogP) is 5.62. The average Bonchev–Trinajstić information content (AvgIpc) is 4.14. The van der Waals surface area contributed by atoms with Crippen molar-refractivity contribution in [3.8, 4) is 22.3 Å². The Morgan fingerprint density at radius 3 is 2.33 bits per heavy atom. The molecule has 378 valence electrons. The second kappa shape index (κ2) is 22.2. The molecule has 0 bridgehead atoms. The van der Waals surface area contributed by atoms with Crippen LogP contribution in [-0.2, 0) is 25.7 Å². The van der Waals surface area contributed by atoms with Gasteiger partial charge in [-0.2, -0.15) is 4.98 Å². The van der Waals surface area contributed by atoms with Crippen LogP contribution in [0.15, 0.2) is 59.1 Å². The van der Waals surface area contributed by atoms with E-state index >= 15 is 0 Å². The van der Waals surface area contributed by atoms with Gasteiger partial charge in [0.15, 0.2) is 5.78 Å². The summed E-state index contributed by atoms with van der Waals surface area (Å²) in [5, 5.41) is 20.1. The van der Waals surface area contributed by atoms with Gasteiger partial charge < -0.3 is 35.8 Å². The molecule has 4 N–H and O–H groups in total. The fraction of sp³-hybridized carbons (Fsp3) is 0.472. The van der Waals surface area contributed by atoms with Crippen LogP contribution in [0.3, 0.4) is 0 Å². The van der Waals surface area contributed by atoms with Gasteiger partial charge in [-0.15, -0.1) is 11.3 Å². The lowest BCUT2D eigenvalue weighted by molar-refractivity contribution is -0.143. The molecule has 2 saturated heterocycles. The number of β-amino-alcohol motifs (C(OH)–C–C–N with tert-alkyl or cyclic N) is 1. The number of piperazine rings is 1. The van der Waals surface area contributed by atoms with Crippen LogP contribution in [0.25, 0.3) is 21.5 Å². The first-order valence-electron chi connectivity index (χ1n) is 24.7. The van der Waals surface area contributed by atoms with Crippen LogP contribution in [0.5, 0.6) is 0 Å². The molecule has 1 unspecified atom stereocenters. The van der Waals surface area contributed by atoms with Crippen molar-refractivity contribution in [2.75, 3.05) is 42.9 Å². The number of anilines is 3. The van der Waals surface area contributed by atoms with E-state index in [-0.39, 0.29) is 60.7 Å². The van der Waals surface area contributed by atoms with Crippen molar-refractivity contribution in [2.24, 2.45) is 5.41 Å². The van der Waals surface area contributed by atoms with E-state index in [0.717, 1.165) is 53.1 Å². The number of fused-ring (bicyclic) bond motifs is 1. The molecule has 3 aliphatic rings. The number of ketones is 1. The van der Waals surface area contributed by atoms with Crippen molar-refractivity contribution in [1.29, 1.82) is 0 Å². The van der Waals surface area contributed by atoms with Gasteiger partial charge in [-0.1, -0.05) is 63.8 Å². The first-order chi connectivity index (χ1) is 34.5. The Morgan fingerprint density at radius 2 is 1.68 bits per heavy atom. The van der Waals surface area contributed by atoms with Crippen molar-refractivity contribution in [3.63, 3.8) is 0 Å². The first kappa shape index (κ1) is 51.3. The molecule has 1 saturated carbocycles. The van der Waals surface area contributed by atoms with Crippen LogP contribution < -0.4 is 26.4 Å². The molecule has 0 spiro atoms. The summed E-state index contributed by atoms with van der Waals surface area (Å²) in [4.78, 5) is 104. The number of benzene rings is 1. The number of likely N-dealkylation sites (tertiary alicyclic amines) is 1. The van der Waals surface area contributed by atoms with E-state index in [2.05, 4.69) is 47.6 Å². The molecule has 72 heavy (non-hydrogen) atoms. The Kier molecular flexibility index (Phi) is 15.8. The molecule has 1 aromatic carbocycles. The minimum Gasteiger partial charge on any atom is -0.391 e. The van der Waals surface area contributed by atoms with E-state index in [0.29, 0.717) is 67.4 Å². The van der Waals surface area contributed by atoms with Crippen LogP contribution >= 0.6 is 11.3 Å². The summed E-state index contributed by atoms with van der Waals surface area (Å²) in [5.74, 6) is 4.48. The molecule has 18 nitrogen and oxygen atoms in total. The van der Waals surface area contributed by atoms with Gasteiger partial charge in [-0.05, 0) is 80.2 Å². The predicted molar refractivity (Wildman–Crippen MR) is 276 cm³/mol. The van der Waals surface area contributed by atoms with E-state index in [1.54, 1.807) is 40.7 Å². The number of unbranched alkanes of at least 4 members (excludes halogenated alkanes) is 1. The number of aryl methyl sites for hydroxylation is 2. The number of nitrogens with zero attached hydrogens (tertiary/aromatic N) is 8. The number of Topliss-reactive ketones (excluding diaryl/α,β-unsaturated/α-hetero) is 1. The largest absolute Gasteiger partial charge is 0.391 e. The van der Waals surface area contributed by atoms with Crippen molar-refractivity contribution >= 4 is 69.2 Å². The highest BCUT2D eigenvalue weighted by Gasteiger charge is 2.44. The molecule has 6 heterocycles. The molecule has 3 fully saturated rings. The molecule has 1 aliphatic carbocycles. The third-order valence-electron chi connectivity index (χ3n) is 13.8. The third kappa shape index (κ3) is 11.7. The Balaban J connectivity index is 0.782. The van der Waals surface area contributed by atoms with Gasteiger partial charge in [0.1, 0.15) is 23.5 Å². The molecular weight excluding hydrogens is 935 g/mol. The Labute approximate surface area is 423 Å². The van der Waals surface area contributed by atoms with Gasteiger partial charge in [-0.3, -0.25) is 33.3 Å². The topological polar surface area (TPSA) is 225 Å². The number of pyridine rings is 2. The second-order valence-corrected chi connectivity index (χ2v) is 20.9. The number of aliphatic hydroxyl groups is 1. The maximum Gasteiger partial charge on any atom is 0.296 e. The number of hydrogen-bond donors (Lipinski definition) is 4. The summed E-state index contributed by atoms with van der Waals surface area (Å²) in [6.45, 7) is 13.1. The van der Waals surface area contributed by atoms with Gasteiger partial charge in [0, 0.05) is 76.2 Å². The van der Waals surface area contributed by atoms with Gasteiger partial charge >= 0.3 is 0 Å². The maximum absolute atomic E-state index is 14.0. The molecular formula is C53H63N11O7S. The summed E-state index contributed by atoms with van der Waals surface area (Å²) in [6.07, 6.45) is 7.35. The van der Waals surface area contributed by atoms with Crippen molar-refractivity contribution in [3.05, 3.63) is 87.0 Å². The SMILES string of the molecule is CC(=O)c1c(C)c2cnc(Nc3ccc(N4CCN(C(=O)CCCC#CC(=O)NC(C(=O)N5C[C@H](O)C[C@H]5C(=O)NCc5ccc(-c6scnc6C)cc5)C(C)(C)C)CC4)cn3)nc2n(C2CCCC2)c1=O. The van der Waals surface area contributed by atoms with Crippen molar-refractivity contribution in [1.82, 2.24) is 44.9 Å². The summed E-state index contributed by atoms with van der Waals surface area (Å²) in [6, 6.07) is 9.66. The standard InChI is InChI=1S/C53H63N11O7S/c1-32-40-29-56-52(60-48(40)64(37-12-10-11-13-37)50(70)45(32)34(3)65)58-42-21-20-38(28-54-42)61-22-24-62(25-23-61)44(68)15-9-7-8-14-43(67)59-47(53(4,5)6)51(71)63-30-39(66)26-41(63)49(69)55-27-35-16-18-36(19-17-35)46-33(2)57-31-72-46/h16-21,28-29,31,37,39,41,47,66H,7,9-13,15,22-27,30H2,1-6H3,(H,55,69)(H,59,67)(H,54,56,58,60)/t39-,41+,47?/m1/s1. The Morgan fingerprint density at radius 1 is 0.944 bits per heavy atom. The highest BCUT2D eigenvalue weighted by molar-refractivity contribution is 7.13. The molecule has 4 amide bonds. The number of carbonyl (C=O) groups excluding carboxylic acids is 5. The van der Waals surface area contributed by atoms with Crippen LogP contribution in [0.4, 0.5) is 17.5 Å². The summed E-state index contributed by atoms with van der Waals surface area (Å²) in [7, 11) is 0. The smallest absolute Gasteiger partial charge is 0.296 e. The average molecular weight is 998 g/mol. The van der Waals surface area contributed by atoms with E-state index in [1.807, 2.05) is 69.0 Å². The molecule has 5 aromatic rings. The lowest BCUT2D eigenvalue weighted by Crippen LogP contribution is -2.57. The third-order valence-corrected chi connectivity index (χ3v) is 14.8. The first-order valence-corrected chi connectivity index (χ1v) is 25.6. The van der Waals surface area contributed by atoms with Gasteiger partial charge in [0.25, 0.3) is 11.5 Å². The fourth-order valence-electron chi connectivity index (χ4n) is 9.86. The molecule has 8 rings (SSSR count). The number of nitrogens with one attached hydrogen (secondary N) is 3. The quantitative estimate of drug-likeness (QED) is 0.0603. The normalized spacial score (nSPS) is 17.6. The maximum atomic E-state index is 14.0. The van der Waals surface area contributed by atoms with Crippen LogP contribution in [0.2, 0.25) is 0 Å². The zero-order valence-electron chi connectivity index (χ0n) is 41.8. The Bertz CT molecular complexity index is 2960. The number of thiazole rings is 1. The minimum absolute atomic E-state index is 0.00435.